The molecule has 120 valence electrons. The largest absolute Gasteiger partial charge is 0.379 e. The molecule has 1 aromatic rings. The van der Waals surface area contributed by atoms with Gasteiger partial charge in [-0.3, -0.25) is 9.69 Å². The highest BCUT2D eigenvalue weighted by Crippen LogP contribution is 2.15. The van der Waals surface area contributed by atoms with E-state index in [1.807, 2.05) is 6.07 Å². The van der Waals surface area contributed by atoms with Crippen LogP contribution in [0, 0.1) is 0 Å². The van der Waals surface area contributed by atoms with E-state index in [4.69, 9.17) is 9.47 Å². The number of ether oxygens (including phenoxy) is 2. The lowest BCUT2D eigenvalue weighted by Crippen LogP contribution is -2.36. The molecule has 0 radical (unpaired) electrons. The first-order chi connectivity index (χ1) is 10.8. The summed E-state index contributed by atoms with van der Waals surface area (Å²) in [7, 11) is 0. The molecule has 2 saturated heterocycles. The van der Waals surface area contributed by atoms with Crippen LogP contribution < -0.4 is 5.32 Å². The van der Waals surface area contributed by atoms with Crippen LogP contribution in [0.15, 0.2) is 24.3 Å². The molecular formula is C17H24N2O3. The first kappa shape index (κ1) is 15.5. The minimum absolute atomic E-state index is 0.0127. The number of rotatable bonds is 5. The van der Waals surface area contributed by atoms with Crippen LogP contribution in [-0.2, 0) is 27.4 Å². The third-order valence-corrected chi connectivity index (χ3v) is 4.29. The molecule has 0 aliphatic carbocycles. The zero-order valence-electron chi connectivity index (χ0n) is 12.9. The molecule has 5 heteroatoms. The van der Waals surface area contributed by atoms with E-state index in [2.05, 4.69) is 28.4 Å². The Balaban J connectivity index is 1.57. The van der Waals surface area contributed by atoms with E-state index >= 15 is 0 Å². The van der Waals surface area contributed by atoms with E-state index in [0.29, 0.717) is 13.2 Å². The van der Waals surface area contributed by atoms with Gasteiger partial charge in [0.25, 0.3) is 0 Å². The van der Waals surface area contributed by atoms with Gasteiger partial charge in [0.2, 0.25) is 5.91 Å². The Bertz CT molecular complexity index is 494. The molecular weight excluding hydrogens is 280 g/mol. The average molecular weight is 304 g/mol. The van der Waals surface area contributed by atoms with E-state index in [9.17, 15) is 4.79 Å². The second kappa shape index (κ2) is 7.72. The van der Waals surface area contributed by atoms with Gasteiger partial charge in [0.05, 0.1) is 13.2 Å². The molecule has 3 rings (SSSR count). The lowest BCUT2D eigenvalue weighted by molar-refractivity contribution is -0.130. The van der Waals surface area contributed by atoms with Crippen molar-refractivity contribution in [3.63, 3.8) is 0 Å². The lowest BCUT2D eigenvalue weighted by atomic mass is 10.1. The maximum Gasteiger partial charge on any atom is 0.249 e. The van der Waals surface area contributed by atoms with Gasteiger partial charge in [0.15, 0.2) is 0 Å². The standard InChI is InChI=1S/C17H24N2O3/c20-17(16-6-3-9-22-16)18-12-14-4-1-2-5-15(14)13-19-7-10-21-11-8-19/h1-2,4-5,16H,3,6-13H2,(H,18,20)/t16-/m0/s1. The van der Waals surface area contributed by atoms with Crippen LogP contribution in [0.1, 0.15) is 24.0 Å². The van der Waals surface area contributed by atoms with E-state index in [1.165, 1.54) is 11.1 Å². The summed E-state index contributed by atoms with van der Waals surface area (Å²) in [5.41, 5.74) is 2.46. The normalized spacial score (nSPS) is 22.6. The van der Waals surface area contributed by atoms with Gasteiger partial charge in [-0.25, -0.2) is 0 Å². The quantitative estimate of drug-likeness (QED) is 0.891. The Morgan fingerprint density at radius 2 is 1.95 bits per heavy atom. The summed E-state index contributed by atoms with van der Waals surface area (Å²) in [6, 6.07) is 8.31. The molecule has 1 aromatic carbocycles. The third kappa shape index (κ3) is 4.06. The fourth-order valence-electron chi connectivity index (χ4n) is 2.96. The number of carbonyl (C=O) groups excluding carboxylic acids is 1. The van der Waals surface area contributed by atoms with Gasteiger partial charge in [-0.05, 0) is 24.0 Å². The number of nitrogens with one attached hydrogen (secondary N) is 1. The maximum atomic E-state index is 12.1. The number of amides is 1. The van der Waals surface area contributed by atoms with Crippen LogP contribution in [0.25, 0.3) is 0 Å². The molecule has 1 atom stereocenters. The van der Waals surface area contributed by atoms with Crippen LogP contribution in [0.5, 0.6) is 0 Å². The van der Waals surface area contributed by atoms with Gasteiger partial charge < -0.3 is 14.8 Å². The van der Waals surface area contributed by atoms with Crippen molar-refractivity contribution in [3.8, 4) is 0 Å². The molecule has 0 saturated carbocycles. The predicted octanol–water partition coefficient (Wildman–Crippen LogP) is 1.31. The van der Waals surface area contributed by atoms with Crippen molar-refractivity contribution in [2.75, 3.05) is 32.9 Å². The predicted molar refractivity (Wildman–Crippen MR) is 83.4 cm³/mol. The Morgan fingerprint density at radius 3 is 2.68 bits per heavy atom. The molecule has 22 heavy (non-hydrogen) atoms. The summed E-state index contributed by atoms with van der Waals surface area (Å²) in [4.78, 5) is 14.4. The summed E-state index contributed by atoms with van der Waals surface area (Å²) >= 11 is 0. The summed E-state index contributed by atoms with van der Waals surface area (Å²) in [6.07, 6.45) is 1.55. The number of benzene rings is 1. The van der Waals surface area contributed by atoms with Crippen LogP contribution in [0.4, 0.5) is 0 Å². The number of morpholine rings is 1. The Hall–Kier alpha value is -1.43. The number of carbonyl (C=O) groups is 1. The monoisotopic (exact) mass is 304 g/mol. The second-order valence-corrected chi connectivity index (χ2v) is 5.88. The summed E-state index contributed by atoms with van der Waals surface area (Å²) < 4.78 is 10.8. The van der Waals surface area contributed by atoms with Crippen molar-refractivity contribution in [2.45, 2.75) is 32.0 Å². The molecule has 5 nitrogen and oxygen atoms in total. The lowest BCUT2D eigenvalue weighted by Gasteiger charge is -2.27. The molecule has 2 aliphatic heterocycles. The fourth-order valence-corrected chi connectivity index (χ4v) is 2.96. The minimum Gasteiger partial charge on any atom is -0.379 e. The van der Waals surface area contributed by atoms with E-state index in [1.54, 1.807) is 0 Å². The van der Waals surface area contributed by atoms with Crippen molar-refractivity contribution in [1.29, 1.82) is 0 Å². The van der Waals surface area contributed by atoms with E-state index in [-0.39, 0.29) is 12.0 Å². The number of hydrogen-bond donors (Lipinski definition) is 1. The number of hydrogen-bond acceptors (Lipinski definition) is 4. The first-order valence-corrected chi connectivity index (χ1v) is 8.09. The van der Waals surface area contributed by atoms with Crippen LogP contribution in [-0.4, -0.2) is 49.8 Å². The summed E-state index contributed by atoms with van der Waals surface area (Å²) in [5, 5.41) is 3.01. The highest BCUT2D eigenvalue weighted by molar-refractivity contribution is 5.80. The molecule has 1 N–H and O–H groups in total. The molecule has 2 aliphatic rings. The van der Waals surface area contributed by atoms with Gasteiger partial charge in [0, 0.05) is 32.8 Å². The number of nitrogens with zero attached hydrogens (tertiary/aromatic N) is 1. The SMILES string of the molecule is O=C(NCc1ccccc1CN1CCOCC1)[C@@H]1CCCO1. The molecule has 2 fully saturated rings. The third-order valence-electron chi connectivity index (χ3n) is 4.29. The van der Waals surface area contributed by atoms with Crippen molar-refractivity contribution in [1.82, 2.24) is 10.2 Å². The molecule has 1 amide bonds. The van der Waals surface area contributed by atoms with Crippen molar-refractivity contribution >= 4 is 5.91 Å². The molecule has 0 bridgehead atoms. The van der Waals surface area contributed by atoms with Gasteiger partial charge in [0.1, 0.15) is 6.10 Å². The Kier molecular flexibility index (Phi) is 5.43. The smallest absolute Gasteiger partial charge is 0.249 e. The summed E-state index contributed by atoms with van der Waals surface area (Å²) in [6.45, 7) is 5.73. The van der Waals surface area contributed by atoms with Gasteiger partial charge >= 0.3 is 0 Å². The fraction of sp³-hybridized carbons (Fsp3) is 0.588. The van der Waals surface area contributed by atoms with Gasteiger partial charge in [-0.1, -0.05) is 24.3 Å². The average Bonchev–Trinajstić information content (AvgIpc) is 3.09. The highest BCUT2D eigenvalue weighted by Gasteiger charge is 2.23. The molecule has 0 aromatic heterocycles. The second-order valence-electron chi connectivity index (χ2n) is 5.88. The minimum atomic E-state index is -0.258. The molecule has 0 spiro atoms. The van der Waals surface area contributed by atoms with Gasteiger partial charge in [-0.2, -0.15) is 0 Å². The Labute approximate surface area is 131 Å². The Morgan fingerprint density at radius 1 is 1.18 bits per heavy atom. The maximum absolute atomic E-state index is 12.1. The molecule has 2 heterocycles. The summed E-state index contributed by atoms with van der Waals surface area (Å²) in [5.74, 6) is 0.0127. The first-order valence-electron chi connectivity index (χ1n) is 8.09. The molecule has 0 unspecified atom stereocenters. The van der Waals surface area contributed by atoms with Crippen molar-refractivity contribution in [2.24, 2.45) is 0 Å². The van der Waals surface area contributed by atoms with Crippen LogP contribution in [0.3, 0.4) is 0 Å². The van der Waals surface area contributed by atoms with Crippen molar-refractivity contribution < 1.29 is 14.3 Å². The van der Waals surface area contributed by atoms with Crippen LogP contribution in [0.2, 0.25) is 0 Å². The van der Waals surface area contributed by atoms with E-state index in [0.717, 1.165) is 45.7 Å². The zero-order chi connectivity index (χ0) is 15.2. The van der Waals surface area contributed by atoms with Crippen LogP contribution >= 0.6 is 0 Å². The zero-order valence-corrected chi connectivity index (χ0v) is 12.9. The highest BCUT2D eigenvalue weighted by atomic mass is 16.5. The van der Waals surface area contributed by atoms with Gasteiger partial charge in [-0.15, -0.1) is 0 Å². The topological polar surface area (TPSA) is 50.8 Å². The van der Waals surface area contributed by atoms with Crippen molar-refractivity contribution in [3.05, 3.63) is 35.4 Å². The van der Waals surface area contributed by atoms with E-state index < -0.39 is 0 Å².